The SMILES string of the molecule is CC[C@@]12CCC3(O1)C(C(=O)Nc1c(C)cccc1Cl)N(CCCCCCO)C(=O)[C@@H]3[C@@H]2C(=O)Nc1ccccc1. The third kappa shape index (κ3) is 4.80. The fourth-order valence-electron chi connectivity index (χ4n) is 7.13. The molecule has 2 unspecified atom stereocenters. The highest BCUT2D eigenvalue weighted by Crippen LogP contribution is 2.64. The molecular weight excluding hydrogens is 530 g/mol. The van der Waals surface area contributed by atoms with Gasteiger partial charge in [-0.3, -0.25) is 14.4 Å². The minimum absolute atomic E-state index is 0.126. The molecule has 3 heterocycles. The standard InChI is InChI=1S/C31H38ClN3O5/c1-3-30-16-17-31(40-30)24(23(30)27(37)33-21-13-7-6-8-14-21)29(39)35(18-9-4-5-10-19-36)26(31)28(38)34-25-20(2)12-11-15-22(25)32/h6-8,11-15,23-24,26,36H,3-5,9-10,16-19H2,1-2H3,(H,33,37)(H,34,38)/t23-,24+,26?,30+,31?/m1/s1. The average molecular weight is 568 g/mol. The number of nitrogens with one attached hydrogen (secondary N) is 2. The highest BCUT2D eigenvalue weighted by atomic mass is 35.5. The molecular formula is C31H38ClN3O5. The number of hydrogen-bond donors (Lipinski definition) is 3. The Labute approximate surface area is 240 Å². The van der Waals surface area contributed by atoms with Crippen LogP contribution in [0.15, 0.2) is 48.5 Å². The van der Waals surface area contributed by atoms with Gasteiger partial charge < -0.3 is 25.4 Å². The number of amides is 3. The van der Waals surface area contributed by atoms with Crippen molar-refractivity contribution in [2.24, 2.45) is 11.8 Å². The van der Waals surface area contributed by atoms with Crippen LogP contribution in [0.3, 0.4) is 0 Å². The summed E-state index contributed by atoms with van der Waals surface area (Å²) in [5, 5.41) is 15.6. The van der Waals surface area contributed by atoms with Gasteiger partial charge in [-0.2, -0.15) is 0 Å². The number of para-hydroxylation sites is 2. The van der Waals surface area contributed by atoms with Gasteiger partial charge in [0.1, 0.15) is 11.6 Å². The Morgan fingerprint density at radius 1 is 1.02 bits per heavy atom. The van der Waals surface area contributed by atoms with Gasteiger partial charge in [-0.15, -0.1) is 0 Å². The largest absolute Gasteiger partial charge is 0.396 e. The van der Waals surface area contributed by atoms with Crippen LogP contribution in [-0.2, 0) is 19.1 Å². The van der Waals surface area contributed by atoms with Gasteiger partial charge in [-0.1, -0.05) is 61.7 Å². The number of rotatable bonds is 11. The van der Waals surface area contributed by atoms with Crippen molar-refractivity contribution in [1.29, 1.82) is 0 Å². The summed E-state index contributed by atoms with van der Waals surface area (Å²) in [6, 6.07) is 13.7. The van der Waals surface area contributed by atoms with E-state index in [1.807, 2.05) is 56.3 Å². The number of aliphatic hydroxyl groups excluding tert-OH is 1. The van der Waals surface area contributed by atoms with Crippen LogP contribution >= 0.6 is 11.6 Å². The molecule has 214 valence electrons. The summed E-state index contributed by atoms with van der Waals surface area (Å²) < 4.78 is 6.82. The second-order valence-electron chi connectivity index (χ2n) is 11.3. The molecule has 5 rings (SSSR count). The molecule has 0 aromatic heterocycles. The zero-order valence-corrected chi connectivity index (χ0v) is 23.9. The zero-order chi connectivity index (χ0) is 28.5. The lowest BCUT2D eigenvalue weighted by Gasteiger charge is -2.34. The van der Waals surface area contributed by atoms with Crippen molar-refractivity contribution >= 4 is 40.7 Å². The number of benzene rings is 2. The maximum atomic E-state index is 14.2. The molecule has 2 aromatic carbocycles. The van der Waals surface area contributed by atoms with Crippen molar-refractivity contribution in [3.05, 3.63) is 59.1 Å². The van der Waals surface area contributed by atoms with E-state index in [0.29, 0.717) is 55.0 Å². The summed E-state index contributed by atoms with van der Waals surface area (Å²) in [6.07, 6.45) is 4.71. The van der Waals surface area contributed by atoms with Crippen molar-refractivity contribution in [1.82, 2.24) is 4.90 Å². The Bertz CT molecular complexity index is 1250. The van der Waals surface area contributed by atoms with Crippen LogP contribution in [0.5, 0.6) is 0 Å². The molecule has 9 heteroatoms. The van der Waals surface area contributed by atoms with Gasteiger partial charge in [0, 0.05) is 18.8 Å². The molecule has 3 amide bonds. The van der Waals surface area contributed by atoms with Gasteiger partial charge in [-0.05, 0) is 62.8 Å². The molecule has 40 heavy (non-hydrogen) atoms. The number of carbonyl (C=O) groups is 3. The smallest absolute Gasteiger partial charge is 0.250 e. The van der Waals surface area contributed by atoms with Crippen molar-refractivity contribution in [3.8, 4) is 0 Å². The van der Waals surface area contributed by atoms with Crippen LogP contribution in [0.2, 0.25) is 5.02 Å². The normalized spacial score (nSPS) is 28.6. The van der Waals surface area contributed by atoms with E-state index in [-0.39, 0.29) is 24.3 Å². The van der Waals surface area contributed by atoms with Crippen molar-refractivity contribution in [2.75, 3.05) is 23.8 Å². The van der Waals surface area contributed by atoms with E-state index in [0.717, 1.165) is 18.4 Å². The first-order valence-electron chi connectivity index (χ1n) is 14.3. The molecule has 5 atom stereocenters. The number of unbranched alkanes of at least 4 members (excludes halogenated alkanes) is 3. The maximum absolute atomic E-state index is 14.2. The van der Waals surface area contributed by atoms with Crippen LogP contribution in [-0.4, -0.2) is 58.1 Å². The van der Waals surface area contributed by atoms with E-state index in [1.54, 1.807) is 11.0 Å². The average Bonchev–Trinajstić information content (AvgIpc) is 3.55. The van der Waals surface area contributed by atoms with E-state index in [4.69, 9.17) is 21.4 Å². The minimum Gasteiger partial charge on any atom is -0.396 e. The van der Waals surface area contributed by atoms with Gasteiger partial charge in [-0.25, -0.2) is 0 Å². The lowest BCUT2D eigenvalue weighted by atomic mass is 9.65. The van der Waals surface area contributed by atoms with E-state index >= 15 is 0 Å². The lowest BCUT2D eigenvalue weighted by Crippen LogP contribution is -2.53. The number of aryl methyl sites for hydroxylation is 1. The summed E-state index contributed by atoms with van der Waals surface area (Å²) in [5.41, 5.74) is 0.0729. The summed E-state index contributed by atoms with van der Waals surface area (Å²) in [7, 11) is 0. The summed E-state index contributed by atoms with van der Waals surface area (Å²) in [4.78, 5) is 43.8. The quantitative estimate of drug-likeness (QED) is 0.334. The molecule has 0 aliphatic carbocycles. The Morgan fingerprint density at radius 2 is 1.77 bits per heavy atom. The molecule has 3 saturated heterocycles. The molecule has 0 saturated carbocycles. The van der Waals surface area contributed by atoms with Crippen molar-refractivity contribution < 1.29 is 24.2 Å². The topological polar surface area (TPSA) is 108 Å². The van der Waals surface area contributed by atoms with Gasteiger partial charge in [0.15, 0.2) is 0 Å². The number of halogens is 1. The Kier molecular flexibility index (Phi) is 8.22. The number of anilines is 2. The Morgan fingerprint density at radius 3 is 2.48 bits per heavy atom. The Balaban J connectivity index is 1.49. The van der Waals surface area contributed by atoms with E-state index in [1.165, 1.54) is 0 Å². The highest BCUT2D eigenvalue weighted by Gasteiger charge is 2.78. The summed E-state index contributed by atoms with van der Waals surface area (Å²) in [5.74, 6) is -2.28. The fraction of sp³-hybridized carbons (Fsp3) is 0.516. The molecule has 3 aliphatic heterocycles. The molecule has 2 bridgehead atoms. The number of ether oxygens (including phenoxy) is 1. The van der Waals surface area contributed by atoms with Gasteiger partial charge >= 0.3 is 0 Å². The van der Waals surface area contributed by atoms with Crippen LogP contribution in [0, 0.1) is 18.8 Å². The van der Waals surface area contributed by atoms with Gasteiger partial charge in [0.2, 0.25) is 17.7 Å². The second kappa shape index (κ2) is 11.5. The van der Waals surface area contributed by atoms with Gasteiger partial charge in [0.05, 0.1) is 28.1 Å². The summed E-state index contributed by atoms with van der Waals surface area (Å²) >= 11 is 6.45. The highest BCUT2D eigenvalue weighted by molar-refractivity contribution is 6.34. The number of fused-ring (bicyclic) bond motifs is 1. The van der Waals surface area contributed by atoms with Gasteiger partial charge in [0.25, 0.3) is 0 Å². The van der Waals surface area contributed by atoms with E-state index < -0.39 is 29.1 Å². The van der Waals surface area contributed by atoms with E-state index in [2.05, 4.69) is 10.6 Å². The van der Waals surface area contributed by atoms with Crippen molar-refractivity contribution in [3.63, 3.8) is 0 Å². The van der Waals surface area contributed by atoms with Crippen LogP contribution in [0.4, 0.5) is 11.4 Å². The van der Waals surface area contributed by atoms with E-state index in [9.17, 15) is 14.4 Å². The van der Waals surface area contributed by atoms with Crippen LogP contribution in [0.1, 0.15) is 57.4 Å². The molecule has 3 fully saturated rings. The first-order valence-corrected chi connectivity index (χ1v) is 14.7. The lowest BCUT2D eigenvalue weighted by molar-refractivity contribution is -0.144. The first kappa shape index (κ1) is 28.6. The predicted molar refractivity (Wildman–Crippen MR) is 154 cm³/mol. The number of aliphatic hydroxyl groups is 1. The third-order valence-corrected chi connectivity index (χ3v) is 9.35. The molecule has 1 spiro atoms. The zero-order valence-electron chi connectivity index (χ0n) is 23.1. The molecule has 3 N–H and O–H groups in total. The molecule has 8 nitrogen and oxygen atoms in total. The fourth-order valence-corrected chi connectivity index (χ4v) is 7.40. The predicted octanol–water partition coefficient (Wildman–Crippen LogP) is 4.93. The third-order valence-electron chi connectivity index (χ3n) is 9.03. The number of nitrogens with zero attached hydrogens (tertiary/aromatic N) is 1. The Hall–Kier alpha value is -2.94. The van der Waals surface area contributed by atoms with Crippen LogP contribution < -0.4 is 10.6 Å². The van der Waals surface area contributed by atoms with Crippen molar-refractivity contribution in [2.45, 2.75) is 76.0 Å². The molecule has 0 radical (unpaired) electrons. The molecule has 3 aliphatic rings. The number of hydrogen-bond acceptors (Lipinski definition) is 5. The maximum Gasteiger partial charge on any atom is 0.250 e. The van der Waals surface area contributed by atoms with Crippen LogP contribution in [0.25, 0.3) is 0 Å². The number of carbonyl (C=O) groups excluding carboxylic acids is 3. The first-order chi connectivity index (χ1) is 19.3. The minimum atomic E-state index is -1.10. The monoisotopic (exact) mass is 567 g/mol. The molecule has 2 aromatic rings. The number of likely N-dealkylation sites (tertiary alicyclic amines) is 1. The summed E-state index contributed by atoms with van der Waals surface area (Å²) in [6.45, 7) is 4.35. The second-order valence-corrected chi connectivity index (χ2v) is 11.7.